The second-order valence-electron chi connectivity index (χ2n) is 4.50. The molecule has 1 atom stereocenters. The number of hydrogen-bond acceptors (Lipinski definition) is 8. The number of thioether (sulfide) groups is 1. The van der Waals surface area contributed by atoms with E-state index in [4.69, 9.17) is 4.74 Å². The third-order valence-electron chi connectivity index (χ3n) is 3.02. The molecular weight excluding hydrogens is 324 g/mol. The van der Waals surface area contributed by atoms with Crippen LogP contribution in [0.25, 0.3) is 0 Å². The van der Waals surface area contributed by atoms with Crippen LogP contribution in [0, 0.1) is 0 Å². The average molecular weight is 340 g/mol. The van der Waals surface area contributed by atoms with E-state index >= 15 is 0 Å². The standard InChI is InChI=1S/C13H16N4O5S/c1-4-22-12(20)9-10(15-6-14-9)16-13-17(2)11(19)7(23-13)5-8(18)21-3/h6-7H,4-5H2,1-3H3,(H,14,15)/t7-/m0/s1. The summed E-state index contributed by atoms with van der Waals surface area (Å²) in [4.78, 5) is 47.4. The predicted molar refractivity (Wildman–Crippen MR) is 82.4 cm³/mol. The number of amides is 1. The summed E-state index contributed by atoms with van der Waals surface area (Å²) in [5.41, 5.74) is 0.109. The number of aromatic amines is 1. The van der Waals surface area contributed by atoms with E-state index in [-0.39, 0.29) is 30.4 Å². The second-order valence-corrected chi connectivity index (χ2v) is 5.67. The molecule has 1 saturated heterocycles. The molecule has 1 fully saturated rings. The summed E-state index contributed by atoms with van der Waals surface area (Å²) >= 11 is 1.12. The number of aromatic nitrogens is 2. The molecule has 0 aliphatic carbocycles. The lowest BCUT2D eigenvalue weighted by Gasteiger charge is -2.08. The molecule has 0 unspecified atom stereocenters. The molecule has 2 rings (SSSR count). The van der Waals surface area contributed by atoms with Crippen LogP contribution in [-0.4, -0.2) is 63.9 Å². The van der Waals surface area contributed by atoms with Gasteiger partial charge in [0.05, 0.1) is 26.5 Å². The molecule has 0 aromatic carbocycles. The number of amidine groups is 1. The summed E-state index contributed by atoms with van der Waals surface area (Å²) in [6.07, 6.45) is 1.27. The quantitative estimate of drug-likeness (QED) is 0.785. The smallest absolute Gasteiger partial charge is 0.358 e. The molecule has 124 valence electrons. The monoisotopic (exact) mass is 340 g/mol. The number of carbonyl (C=O) groups is 3. The van der Waals surface area contributed by atoms with Crippen molar-refractivity contribution in [1.82, 2.24) is 14.9 Å². The van der Waals surface area contributed by atoms with E-state index in [0.29, 0.717) is 5.17 Å². The van der Waals surface area contributed by atoms with Crippen molar-refractivity contribution in [3.63, 3.8) is 0 Å². The Bertz CT molecular complexity index is 657. The van der Waals surface area contributed by atoms with Gasteiger partial charge in [0, 0.05) is 7.05 Å². The van der Waals surface area contributed by atoms with Gasteiger partial charge in [-0.25, -0.2) is 14.8 Å². The van der Waals surface area contributed by atoms with Crippen LogP contribution in [-0.2, 0) is 19.1 Å². The van der Waals surface area contributed by atoms with Gasteiger partial charge in [0.15, 0.2) is 16.7 Å². The number of ether oxygens (including phenoxy) is 2. The summed E-state index contributed by atoms with van der Waals surface area (Å²) in [7, 11) is 2.81. The molecule has 2 heterocycles. The van der Waals surface area contributed by atoms with Crippen molar-refractivity contribution < 1.29 is 23.9 Å². The number of nitrogens with one attached hydrogen (secondary N) is 1. The highest BCUT2D eigenvalue weighted by molar-refractivity contribution is 8.15. The van der Waals surface area contributed by atoms with Gasteiger partial charge in [0.1, 0.15) is 5.25 Å². The summed E-state index contributed by atoms with van der Waals surface area (Å²) < 4.78 is 9.47. The first kappa shape index (κ1) is 17.0. The van der Waals surface area contributed by atoms with Crippen molar-refractivity contribution >= 4 is 40.6 Å². The van der Waals surface area contributed by atoms with Gasteiger partial charge >= 0.3 is 11.9 Å². The Hall–Kier alpha value is -2.36. The highest BCUT2D eigenvalue weighted by atomic mass is 32.2. The molecule has 0 saturated carbocycles. The van der Waals surface area contributed by atoms with E-state index < -0.39 is 17.2 Å². The number of esters is 2. The topological polar surface area (TPSA) is 114 Å². The number of methoxy groups -OCH3 is 1. The largest absolute Gasteiger partial charge is 0.469 e. The maximum Gasteiger partial charge on any atom is 0.358 e. The van der Waals surface area contributed by atoms with E-state index in [1.54, 1.807) is 14.0 Å². The third kappa shape index (κ3) is 3.70. The summed E-state index contributed by atoms with van der Waals surface area (Å²) in [5, 5.41) is -0.252. The highest BCUT2D eigenvalue weighted by Gasteiger charge is 2.37. The molecule has 1 aliphatic rings. The van der Waals surface area contributed by atoms with Crippen LogP contribution in [0.4, 0.5) is 5.82 Å². The SMILES string of the molecule is CCOC(=O)c1[nH]cnc1N=C1S[C@@H](CC(=O)OC)C(=O)N1C. The number of aliphatic imine (C=N–C) groups is 1. The zero-order chi connectivity index (χ0) is 17.0. The van der Waals surface area contributed by atoms with Gasteiger partial charge in [-0.1, -0.05) is 11.8 Å². The van der Waals surface area contributed by atoms with Gasteiger partial charge < -0.3 is 14.5 Å². The fourth-order valence-corrected chi connectivity index (χ4v) is 2.97. The van der Waals surface area contributed by atoms with E-state index in [9.17, 15) is 14.4 Å². The molecule has 0 radical (unpaired) electrons. The van der Waals surface area contributed by atoms with Gasteiger partial charge in [-0.3, -0.25) is 14.5 Å². The zero-order valence-electron chi connectivity index (χ0n) is 12.9. The molecule has 1 aromatic rings. The first-order valence-corrected chi connectivity index (χ1v) is 7.66. The van der Waals surface area contributed by atoms with Gasteiger partial charge in [-0.05, 0) is 6.92 Å². The number of carbonyl (C=O) groups excluding carboxylic acids is 3. The Morgan fingerprint density at radius 2 is 2.26 bits per heavy atom. The molecule has 1 aliphatic heterocycles. The second kappa shape index (κ2) is 7.27. The Morgan fingerprint density at radius 1 is 1.52 bits per heavy atom. The molecule has 1 N–H and O–H groups in total. The molecule has 0 bridgehead atoms. The lowest BCUT2D eigenvalue weighted by atomic mass is 10.3. The number of imidazole rings is 1. The minimum absolute atomic E-state index is 0.0470. The normalized spacial score (nSPS) is 19.3. The lowest BCUT2D eigenvalue weighted by Crippen LogP contribution is -2.29. The number of hydrogen-bond donors (Lipinski definition) is 1. The van der Waals surface area contributed by atoms with Crippen LogP contribution in [0.15, 0.2) is 11.3 Å². The number of H-pyrrole nitrogens is 1. The predicted octanol–water partition coefficient (Wildman–Crippen LogP) is 0.711. The zero-order valence-corrected chi connectivity index (χ0v) is 13.7. The Kier molecular flexibility index (Phi) is 5.37. The van der Waals surface area contributed by atoms with E-state index in [1.807, 2.05) is 0 Å². The number of rotatable bonds is 5. The van der Waals surface area contributed by atoms with Gasteiger partial charge in [-0.15, -0.1) is 0 Å². The van der Waals surface area contributed by atoms with Crippen LogP contribution >= 0.6 is 11.8 Å². The van der Waals surface area contributed by atoms with Crippen molar-refractivity contribution in [2.45, 2.75) is 18.6 Å². The maximum atomic E-state index is 12.1. The molecule has 10 heteroatoms. The van der Waals surface area contributed by atoms with Gasteiger partial charge in [-0.2, -0.15) is 0 Å². The van der Waals surface area contributed by atoms with Crippen molar-refractivity contribution in [3.8, 4) is 0 Å². The van der Waals surface area contributed by atoms with Crippen LogP contribution in [0.5, 0.6) is 0 Å². The van der Waals surface area contributed by atoms with Crippen LogP contribution in [0.1, 0.15) is 23.8 Å². The van der Waals surface area contributed by atoms with Crippen molar-refractivity contribution in [2.75, 3.05) is 20.8 Å². The molecule has 0 spiro atoms. The summed E-state index contributed by atoms with van der Waals surface area (Å²) in [6.45, 7) is 1.92. The third-order valence-corrected chi connectivity index (χ3v) is 4.25. The van der Waals surface area contributed by atoms with Crippen molar-refractivity contribution in [1.29, 1.82) is 0 Å². The molecular formula is C13H16N4O5S. The van der Waals surface area contributed by atoms with Gasteiger partial charge in [0.2, 0.25) is 5.91 Å². The summed E-state index contributed by atoms with van der Waals surface area (Å²) in [6, 6.07) is 0. The Morgan fingerprint density at radius 3 is 2.91 bits per heavy atom. The van der Waals surface area contributed by atoms with E-state index in [2.05, 4.69) is 19.7 Å². The van der Waals surface area contributed by atoms with Crippen LogP contribution in [0.3, 0.4) is 0 Å². The van der Waals surface area contributed by atoms with Crippen LogP contribution in [0.2, 0.25) is 0 Å². The minimum Gasteiger partial charge on any atom is -0.469 e. The van der Waals surface area contributed by atoms with Crippen molar-refractivity contribution in [3.05, 3.63) is 12.0 Å². The molecule has 1 aromatic heterocycles. The maximum absolute atomic E-state index is 12.1. The minimum atomic E-state index is -0.601. The Balaban J connectivity index is 2.20. The van der Waals surface area contributed by atoms with E-state index in [0.717, 1.165) is 11.8 Å². The summed E-state index contributed by atoms with van der Waals surface area (Å²) in [5.74, 6) is -1.18. The average Bonchev–Trinajstić information content (AvgIpc) is 3.09. The van der Waals surface area contributed by atoms with Crippen molar-refractivity contribution in [2.24, 2.45) is 4.99 Å². The Labute approximate surface area is 136 Å². The molecule has 1 amide bonds. The molecule has 23 heavy (non-hydrogen) atoms. The van der Waals surface area contributed by atoms with Gasteiger partial charge in [0.25, 0.3) is 0 Å². The number of nitrogens with zero attached hydrogens (tertiary/aromatic N) is 3. The van der Waals surface area contributed by atoms with E-state index in [1.165, 1.54) is 18.3 Å². The molecule has 9 nitrogen and oxygen atoms in total. The lowest BCUT2D eigenvalue weighted by molar-refractivity contribution is -0.142. The van der Waals surface area contributed by atoms with Crippen LogP contribution < -0.4 is 0 Å². The first-order chi connectivity index (χ1) is 11.0. The fourth-order valence-electron chi connectivity index (χ4n) is 1.85. The first-order valence-electron chi connectivity index (χ1n) is 6.78. The fraction of sp³-hybridized carbons (Fsp3) is 0.462. The highest BCUT2D eigenvalue weighted by Crippen LogP contribution is 2.30.